The number of carbonyl (C=O) groups excluding carboxylic acids is 1. The standard InChI is InChI=1S/C25H21F6NO2/c1-13(2)19-12-32-22-4-3-14(8-17(19)22)9-18-20(24(26,27)28)10-15(11-21(18)25(29,30)31)7-16-5-6-34-23(16)33/h3-4,7-8,10-13,32H,5-6,9H2,1-2H3/b16-7+. The summed E-state index contributed by atoms with van der Waals surface area (Å²) in [4.78, 5) is 14.7. The summed E-state index contributed by atoms with van der Waals surface area (Å²) in [6.07, 6.45) is -7.66. The van der Waals surface area contributed by atoms with E-state index in [1.54, 1.807) is 18.3 Å². The van der Waals surface area contributed by atoms with E-state index in [0.717, 1.165) is 22.5 Å². The van der Waals surface area contributed by atoms with Crippen LogP contribution in [0.2, 0.25) is 0 Å². The number of aromatic amines is 1. The molecule has 3 nitrogen and oxygen atoms in total. The molecular formula is C25H21F6NO2. The molecule has 1 aliphatic rings. The maximum Gasteiger partial charge on any atom is 0.416 e. The first-order valence-electron chi connectivity index (χ1n) is 10.6. The molecule has 1 aliphatic heterocycles. The van der Waals surface area contributed by atoms with Crippen LogP contribution < -0.4 is 0 Å². The van der Waals surface area contributed by atoms with E-state index in [4.69, 9.17) is 4.74 Å². The van der Waals surface area contributed by atoms with Crippen LogP contribution in [0.1, 0.15) is 59.6 Å². The lowest BCUT2D eigenvalue weighted by Gasteiger charge is -2.20. The topological polar surface area (TPSA) is 42.1 Å². The summed E-state index contributed by atoms with van der Waals surface area (Å²) >= 11 is 0. The summed E-state index contributed by atoms with van der Waals surface area (Å²) in [6.45, 7) is 3.94. The zero-order valence-corrected chi connectivity index (χ0v) is 18.3. The van der Waals surface area contributed by atoms with Gasteiger partial charge in [0.25, 0.3) is 0 Å². The molecule has 0 radical (unpaired) electrons. The molecule has 0 saturated carbocycles. The van der Waals surface area contributed by atoms with Crippen molar-refractivity contribution in [1.82, 2.24) is 4.98 Å². The zero-order valence-electron chi connectivity index (χ0n) is 18.3. The van der Waals surface area contributed by atoms with Crippen molar-refractivity contribution >= 4 is 22.9 Å². The van der Waals surface area contributed by atoms with Gasteiger partial charge in [-0.1, -0.05) is 19.9 Å². The lowest BCUT2D eigenvalue weighted by Crippen LogP contribution is -2.17. The van der Waals surface area contributed by atoms with Crippen molar-refractivity contribution in [2.24, 2.45) is 0 Å². The van der Waals surface area contributed by atoms with E-state index in [1.165, 1.54) is 6.07 Å². The highest BCUT2D eigenvalue weighted by Gasteiger charge is 2.41. The van der Waals surface area contributed by atoms with Crippen LogP contribution in [0.5, 0.6) is 0 Å². The van der Waals surface area contributed by atoms with Crippen molar-refractivity contribution < 1.29 is 35.9 Å². The highest BCUT2D eigenvalue weighted by molar-refractivity contribution is 5.95. The molecule has 0 aliphatic carbocycles. The minimum absolute atomic E-state index is 0.0353. The van der Waals surface area contributed by atoms with Crippen LogP contribution >= 0.6 is 0 Å². The molecule has 0 bridgehead atoms. The third-order valence-corrected chi connectivity index (χ3v) is 5.87. The molecule has 0 spiro atoms. The smallest absolute Gasteiger partial charge is 0.416 e. The third kappa shape index (κ3) is 4.69. The fraction of sp³-hybridized carbons (Fsp3) is 0.320. The number of benzene rings is 2. The molecule has 2 aromatic carbocycles. The number of alkyl halides is 6. The minimum atomic E-state index is -5.03. The average molecular weight is 481 g/mol. The van der Waals surface area contributed by atoms with Crippen LogP contribution in [-0.2, 0) is 28.3 Å². The Hall–Kier alpha value is -3.23. The number of halogens is 6. The van der Waals surface area contributed by atoms with Crippen LogP contribution in [-0.4, -0.2) is 17.6 Å². The number of nitrogens with one attached hydrogen (secondary N) is 1. The molecule has 34 heavy (non-hydrogen) atoms. The first-order valence-corrected chi connectivity index (χ1v) is 10.6. The lowest BCUT2D eigenvalue weighted by molar-refractivity contribution is -0.144. The van der Waals surface area contributed by atoms with Gasteiger partial charge in [-0.15, -0.1) is 0 Å². The quantitative estimate of drug-likeness (QED) is 0.242. The predicted octanol–water partition coefficient (Wildman–Crippen LogP) is 7.25. The summed E-state index contributed by atoms with van der Waals surface area (Å²) in [6, 6.07) is 6.14. The number of hydrogen-bond donors (Lipinski definition) is 1. The molecule has 9 heteroatoms. The number of aromatic nitrogens is 1. The second-order valence-electron chi connectivity index (χ2n) is 8.60. The largest absolute Gasteiger partial charge is 0.462 e. The van der Waals surface area contributed by atoms with Crippen LogP contribution in [0.4, 0.5) is 26.3 Å². The van der Waals surface area contributed by atoms with Gasteiger partial charge < -0.3 is 9.72 Å². The van der Waals surface area contributed by atoms with Crippen molar-refractivity contribution in [2.75, 3.05) is 6.61 Å². The van der Waals surface area contributed by atoms with Gasteiger partial charge in [0.2, 0.25) is 0 Å². The molecule has 1 fully saturated rings. The van der Waals surface area contributed by atoms with E-state index in [9.17, 15) is 31.1 Å². The van der Waals surface area contributed by atoms with Crippen molar-refractivity contribution in [3.05, 3.63) is 75.5 Å². The normalized spacial score (nSPS) is 16.1. The summed E-state index contributed by atoms with van der Waals surface area (Å²) in [5, 5.41) is 0.760. The number of ether oxygens (including phenoxy) is 1. The Balaban J connectivity index is 1.88. The highest BCUT2D eigenvalue weighted by atomic mass is 19.4. The molecule has 4 rings (SSSR count). The summed E-state index contributed by atoms with van der Waals surface area (Å²) in [7, 11) is 0. The van der Waals surface area contributed by atoms with Gasteiger partial charge in [-0.05, 0) is 64.9 Å². The number of cyclic esters (lactones) is 1. The molecule has 0 amide bonds. The number of fused-ring (bicyclic) bond motifs is 1. The average Bonchev–Trinajstić information content (AvgIpc) is 3.33. The van der Waals surface area contributed by atoms with Crippen molar-refractivity contribution in [3.8, 4) is 0 Å². The van der Waals surface area contributed by atoms with Gasteiger partial charge in [-0.25, -0.2) is 4.79 Å². The molecule has 1 N–H and O–H groups in total. The number of hydrogen-bond acceptors (Lipinski definition) is 2. The van der Waals surface area contributed by atoms with Crippen molar-refractivity contribution in [2.45, 2.75) is 45.0 Å². The third-order valence-electron chi connectivity index (χ3n) is 5.87. The first-order chi connectivity index (χ1) is 15.8. The fourth-order valence-electron chi connectivity index (χ4n) is 4.24. The van der Waals surface area contributed by atoms with Crippen LogP contribution in [0.15, 0.2) is 42.1 Å². The lowest BCUT2D eigenvalue weighted by atomic mass is 9.90. The highest BCUT2D eigenvalue weighted by Crippen LogP contribution is 2.42. The molecule has 0 atom stereocenters. The zero-order chi connectivity index (χ0) is 24.8. The van der Waals surface area contributed by atoms with Crippen molar-refractivity contribution in [3.63, 3.8) is 0 Å². The Morgan fingerprint density at radius 3 is 2.21 bits per heavy atom. The second-order valence-corrected chi connectivity index (χ2v) is 8.60. The van der Waals surface area contributed by atoms with Crippen LogP contribution in [0.25, 0.3) is 17.0 Å². The Kier molecular flexibility index (Phi) is 5.99. The van der Waals surface area contributed by atoms with Gasteiger partial charge in [-0.2, -0.15) is 26.3 Å². The van der Waals surface area contributed by atoms with Gasteiger partial charge in [-0.3, -0.25) is 0 Å². The van der Waals surface area contributed by atoms with Gasteiger partial charge >= 0.3 is 18.3 Å². The molecule has 180 valence electrons. The van der Waals surface area contributed by atoms with Crippen molar-refractivity contribution in [1.29, 1.82) is 0 Å². The van der Waals surface area contributed by atoms with Gasteiger partial charge in [0.15, 0.2) is 0 Å². The van der Waals surface area contributed by atoms with E-state index < -0.39 is 41.4 Å². The van der Waals surface area contributed by atoms with E-state index >= 15 is 0 Å². The summed E-state index contributed by atoms with van der Waals surface area (Å²) < 4.78 is 88.6. The van der Waals surface area contributed by atoms with Gasteiger partial charge in [0.05, 0.1) is 17.7 Å². The Morgan fingerprint density at radius 2 is 1.68 bits per heavy atom. The molecule has 1 aromatic heterocycles. The Labute approximate surface area is 191 Å². The molecule has 3 aromatic rings. The number of carbonyl (C=O) groups is 1. The van der Waals surface area contributed by atoms with Gasteiger partial charge in [0, 0.05) is 29.1 Å². The number of rotatable bonds is 4. The maximum atomic E-state index is 14.0. The fourth-order valence-corrected chi connectivity index (χ4v) is 4.24. The molecule has 1 saturated heterocycles. The Morgan fingerprint density at radius 1 is 1.03 bits per heavy atom. The van der Waals surface area contributed by atoms with E-state index in [2.05, 4.69) is 4.98 Å². The van der Waals surface area contributed by atoms with E-state index in [-0.39, 0.29) is 30.1 Å². The number of H-pyrrole nitrogens is 1. The molecular weight excluding hydrogens is 460 g/mol. The minimum Gasteiger partial charge on any atom is -0.462 e. The second kappa shape index (κ2) is 8.52. The van der Waals surface area contributed by atoms with E-state index in [1.807, 2.05) is 13.8 Å². The van der Waals surface area contributed by atoms with Gasteiger partial charge in [0.1, 0.15) is 0 Å². The number of esters is 1. The predicted molar refractivity (Wildman–Crippen MR) is 115 cm³/mol. The maximum absolute atomic E-state index is 14.0. The molecule has 0 unspecified atom stereocenters. The summed E-state index contributed by atoms with van der Waals surface area (Å²) in [5.41, 5.74) is -1.90. The first kappa shape index (κ1) is 23.9. The van der Waals surface area contributed by atoms with E-state index in [0.29, 0.717) is 17.7 Å². The monoisotopic (exact) mass is 481 g/mol. The van der Waals surface area contributed by atoms with Crippen LogP contribution in [0.3, 0.4) is 0 Å². The summed E-state index contributed by atoms with van der Waals surface area (Å²) in [5.74, 6) is -0.623. The van der Waals surface area contributed by atoms with Crippen LogP contribution in [0, 0.1) is 0 Å². The molecule has 2 heterocycles. The Bertz CT molecular complexity index is 1250. The SMILES string of the molecule is CC(C)c1c[nH]c2ccc(Cc3c(C(F)(F)F)cc(/C=C4\CCOC4=O)cc3C(F)(F)F)cc12.